The smallest absolute Gasteiger partial charge is 0.348 e. The van der Waals surface area contributed by atoms with Crippen molar-refractivity contribution in [3.63, 3.8) is 0 Å². The molecule has 3 aromatic rings. The predicted molar refractivity (Wildman–Crippen MR) is 113 cm³/mol. The molecule has 0 atom stereocenters. The summed E-state index contributed by atoms with van der Waals surface area (Å²) < 4.78 is 10.1. The first-order chi connectivity index (χ1) is 14.9. The van der Waals surface area contributed by atoms with E-state index in [-0.39, 0.29) is 35.2 Å². The van der Waals surface area contributed by atoms with Crippen LogP contribution in [0.5, 0.6) is 0 Å². The first-order valence-corrected chi connectivity index (χ1v) is 10.4. The molecule has 0 aliphatic heterocycles. The summed E-state index contributed by atoms with van der Waals surface area (Å²) in [5.41, 5.74) is 1.29. The van der Waals surface area contributed by atoms with Gasteiger partial charge in [0.05, 0.1) is 18.8 Å². The number of rotatable bonds is 8. The Labute approximate surface area is 182 Å². The molecule has 31 heavy (non-hydrogen) atoms. The van der Waals surface area contributed by atoms with Gasteiger partial charge in [-0.3, -0.25) is 4.79 Å². The Balaban J connectivity index is 1.80. The van der Waals surface area contributed by atoms with Crippen LogP contribution < -0.4 is 5.32 Å². The molecule has 0 fully saturated rings. The Morgan fingerprint density at radius 1 is 1.06 bits per heavy atom. The summed E-state index contributed by atoms with van der Waals surface area (Å²) in [5, 5.41) is 14.9. The van der Waals surface area contributed by atoms with E-state index in [1.165, 1.54) is 0 Å². The summed E-state index contributed by atoms with van der Waals surface area (Å²) in [4.78, 5) is 38.6. The summed E-state index contributed by atoms with van der Waals surface area (Å²) in [6.07, 6.45) is 0. The maximum Gasteiger partial charge on any atom is 0.348 e. The molecular weight excluding hydrogens is 422 g/mol. The fourth-order valence-electron chi connectivity index (χ4n) is 2.75. The molecular formula is C20H21N5O5S. The standard InChI is InChI=1S/C20H21N5O5S/c1-4-29-19(27)15-12(3)16(20(28)30-5-2)31-18(15)21-14(26)11-25-23-17(22-24-25)13-9-7-6-8-10-13/h6-10H,4-5,11H2,1-3H3,(H,21,26). The van der Waals surface area contributed by atoms with Gasteiger partial charge in [0.1, 0.15) is 16.4 Å². The van der Waals surface area contributed by atoms with Crippen LogP contribution in [0.1, 0.15) is 39.4 Å². The molecule has 0 saturated carbocycles. The first-order valence-electron chi connectivity index (χ1n) is 9.55. The second kappa shape index (κ2) is 9.94. The number of aromatic nitrogens is 4. The minimum Gasteiger partial charge on any atom is -0.462 e. The van der Waals surface area contributed by atoms with E-state index in [2.05, 4.69) is 20.7 Å². The number of esters is 2. The van der Waals surface area contributed by atoms with Gasteiger partial charge in [0.15, 0.2) is 0 Å². The van der Waals surface area contributed by atoms with Gasteiger partial charge < -0.3 is 14.8 Å². The van der Waals surface area contributed by atoms with E-state index in [1.54, 1.807) is 20.8 Å². The first kappa shape index (κ1) is 22.1. The van der Waals surface area contributed by atoms with Crippen LogP contribution in [0, 0.1) is 6.92 Å². The fraction of sp³-hybridized carbons (Fsp3) is 0.300. The molecule has 10 nitrogen and oxygen atoms in total. The summed E-state index contributed by atoms with van der Waals surface area (Å²) in [5.74, 6) is -1.30. The maximum atomic E-state index is 12.6. The number of hydrogen-bond donors (Lipinski definition) is 1. The van der Waals surface area contributed by atoms with Crippen molar-refractivity contribution < 1.29 is 23.9 Å². The number of ether oxygens (including phenoxy) is 2. The lowest BCUT2D eigenvalue weighted by molar-refractivity contribution is -0.117. The number of tetrazole rings is 1. The molecule has 11 heteroatoms. The van der Waals surface area contributed by atoms with Crippen molar-refractivity contribution >= 4 is 34.2 Å². The Bertz CT molecular complexity index is 1090. The van der Waals surface area contributed by atoms with Crippen molar-refractivity contribution in [3.8, 4) is 11.4 Å². The lowest BCUT2D eigenvalue weighted by Gasteiger charge is -2.06. The molecule has 2 heterocycles. The zero-order chi connectivity index (χ0) is 22.4. The number of thiophene rings is 1. The molecule has 162 valence electrons. The van der Waals surface area contributed by atoms with Crippen molar-refractivity contribution in [2.75, 3.05) is 18.5 Å². The summed E-state index contributed by atoms with van der Waals surface area (Å²) in [6.45, 7) is 5.08. The van der Waals surface area contributed by atoms with Crippen molar-refractivity contribution in [1.29, 1.82) is 0 Å². The SMILES string of the molecule is CCOC(=O)c1sc(NC(=O)Cn2nnc(-c3ccccc3)n2)c(C(=O)OCC)c1C. The highest BCUT2D eigenvalue weighted by atomic mass is 32.1. The van der Waals surface area contributed by atoms with Crippen molar-refractivity contribution in [2.24, 2.45) is 0 Å². The van der Waals surface area contributed by atoms with E-state index < -0.39 is 17.8 Å². The van der Waals surface area contributed by atoms with Gasteiger partial charge in [0.2, 0.25) is 11.7 Å². The lowest BCUT2D eigenvalue weighted by atomic mass is 10.1. The van der Waals surface area contributed by atoms with Crippen molar-refractivity contribution in [3.05, 3.63) is 46.3 Å². The van der Waals surface area contributed by atoms with Crippen LogP contribution in [0.3, 0.4) is 0 Å². The fourth-order valence-corrected chi connectivity index (χ4v) is 3.85. The number of benzene rings is 1. The molecule has 0 bridgehead atoms. The number of carbonyl (C=O) groups excluding carboxylic acids is 3. The average Bonchev–Trinajstić information content (AvgIpc) is 3.33. The number of nitrogens with one attached hydrogen (secondary N) is 1. The largest absolute Gasteiger partial charge is 0.462 e. The lowest BCUT2D eigenvalue weighted by Crippen LogP contribution is -2.21. The third kappa shape index (κ3) is 5.12. The third-order valence-electron chi connectivity index (χ3n) is 4.11. The normalized spacial score (nSPS) is 10.5. The zero-order valence-corrected chi connectivity index (χ0v) is 18.1. The van der Waals surface area contributed by atoms with E-state index in [0.29, 0.717) is 11.4 Å². The van der Waals surface area contributed by atoms with Crippen LogP contribution in [0.15, 0.2) is 30.3 Å². The molecule has 0 saturated heterocycles. The van der Waals surface area contributed by atoms with Crippen molar-refractivity contribution in [2.45, 2.75) is 27.3 Å². The third-order valence-corrected chi connectivity index (χ3v) is 5.30. The predicted octanol–water partition coefficient (Wildman–Crippen LogP) is 2.70. The second-order valence-corrected chi connectivity index (χ2v) is 7.28. The van der Waals surface area contributed by atoms with E-state index in [9.17, 15) is 14.4 Å². The molecule has 1 amide bonds. The van der Waals surface area contributed by atoms with Gasteiger partial charge in [-0.2, -0.15) is 4.80 Å². The van der Waals surface area contributed by atoms with Crippen LogP contribution in [0.4, 0.5) is 5.00 Å². The monoisotopic (exact) mass is 443 g/mol. The number of hydrogen-bond acceptors (Lipinski definition) is 9. The minimum atomic E-state index is -0.632. The molecule has 2 aromatic heterocycles. The number of amides is 1. The quantitative estimate of drug-likeness (QED) is 0.527. The average molecular weight is 443 g/mol. The highest BCUT2D eigenvalue weighted by Gasteiger charge is 2.27. The minimum absolute atomic E-state index is 0.125. The highest BCUT2D eigenvalue weighted by molar-refractivity contribution is 7.18. The van der Waals surface area contributed by atoms with Gasteiger partial charge in [0.25, 0.3) is 0 Å². The van der Waals surface area contributed by atoms with Gasteiger partial charge in [-0.05, 0) is 31.5 Å². The Kier molecular flexibility index (Phi) is 7.08. The van der Waals surface area contributed by atoms with Crippen LogP contribution in [0.2, 0.25) is 0 Å². The van der Waals surface area contributed by atoms with Gasteiger partial charge in [-0.1, -0.05) is 30.3 Å². The zero-order valence-electron chi connectivity index (χ0n) is 17.2. The summed E-state index contributed by atoms with van der Waals surface area (Å²) in [6, 6.07) is 9.23. The maximum absolute atomic E-state index is 12.6. The van der Waals surface area contributed by atoms with E-state index in [0.717, 1.165) is 21.7 Å². The van der Waals surface area contributed by atoms with Gasteiger partial charge >= 0.3 is 11.9 Å². The molecule has 3 rings (SSSR count). The highest BCUT2D eigenvalue weighted by Crippen LogP contribution is 2.34. The van der Waals surface area contributed by atoms with Crippen LogP contribution >= 0.6 is 11.3 Å². The van der Waals surface area contributed by atoms with E-state index in [4.69, 9.17) is 9.47 Å². The molecule has 0 radical (unpaired) electrons. The van der Waals surface area contributed by atoms with Gasteiger partial charge in [-0.25, -0.2) is 9.59 Å². The summed E-state index contributed by atoms with van der Waals surface area (Å²) >= 11 is 0.956. The molecule has 1 aromatic carbocycles. The van der Waals surface area contributed by atoms with E-state index >= 15 is 0 Å². The Morgan fingerprint density at radius 3 is 2.42 bits per heavy atom. The number of nitrogens with zero attached hydrogens (tertiary/aromatic N) is 4. The Hall–Kier alpha value is -3.60. The number of carbonyl (C=O) groups is 3. The van der Waals surface area contributed by atoms with Crippen molar-refractivity contribution in [1.82, 2.24) is 20.2 Å². The van der Waals surface area contributed by atoms with E-state index in [1.807, 2.05) is 30.3 Å². The Morgan fingerprint density at radius 2 is 1.74 bits per heavy atom. The summed E-state index contributed by atoms with van der Waals surface area (Å²) in [7, 11) is 0. The molecule has 0 unspecified atom stereocenters. The molecule has 0 aliphatic carbocycles. The van der Waals surface area contributed by atoms with Gasteiger partial charge in [0, 0.05) is 5.56 Å². The van der Waals surface area contributed by atoms with Crippen LogP contribution in [0.25, 0.3) is 11.4 Å². The number of anilines is 1. The van der Waals surface area contributed by atoms with Crippen LogP contribution in [-0.4, -0.2) is 51.3 Å². The topological polar surface area (TPSA) is 125 Å². The molecule has 0 spiro atoms. The van der Waals surface area contributed by atoms with Gasteiger partial charge in [-0.15, -0.1) is 21.5 Å². The second-order valence-electron chi connectivity index (χ2n) is 6.26. The van der Waals surface area contributed by atoms with Crippen LogP contribution in [-0.2, 0) is 20.8 Å². The molecule has 0 aliphatic rings. The molecule has 1 N–H and O–H groups in total.